The summed E-state index contributed by atoms with van der Waals surface area (Å²) in [7, 11) is 0. The van der Waals surface area contributed by atoms with Gasteiger partial charge in [-0.1, -0.05) is 0 Å². The molecule has 2 aliphatic rings. The van der Waals surface area contributed by atoms with Crippen molar-refractivity contribution in [2.75, 3.05) is 13.1 Å². The predicted octanol–water partition coefficient (Wildman–Crippen LogP) is 2.17. The molecule has 0 spiro atoms. The molecule has 1 saturated carbocycles. The monoisotopic (exact) mass is 251 g/mol. The summed E-state index contributed by atoms with van der Waals surface area (Å²) in [5.41, 5.74) is 1.17. The molecule has 17 heavy (non-hydrogen) atoms. The van der Waals surface area contributed by atoms with Crippen LogP contribution < -0.4 is 5.32 Å². The minimum atomic E-state index is 0.719. The Morgan fingerprint density at radius 1 is 1.47 bits per heavy atom. The molecule has 94 valence electrons. The number of hydrogen-bond donors (Lipinski definition) is 1. The van der Waals surface area contributed by atoms with E-state index in [1.165, 1.54) is 49.5 Å². The molecule has 1 atom stereocenters. The first-order chi connectivity index (χ1) is 8.31. The number of nitrogens with one attached hydrogen (secondary N) is 1. The molecule has 0 bridgehead atoms. The first-order valence-corrected chi connectivity index (χ1v) is 7.57. The maximum Gasteiger partial charge on any atom is 0.107 e. The molecule has 1 aromatic heterocycles. The number of aryl methyl sites for hydroxylation is 1. The van der Waals surface area contributed by atoms with Crippen LogP contribution in [0.3, 0.4) is 0 Å². The molecule has 1 saturated heterocycles. The van der Waals surface area contributed by atoms with Gasteiger partial charge in [-0.15, -0.1) is 11.3 Å². The van der Waals surface area contributed by atoms with E-state index in [1.807, 2.05) is 11.3 Å². The van der Waals surface area contributed by atoms with E-state index < -0.39 is 0 Å². The number of nitrogens with zero attached hydrogens (tertiary/aromatic N) is 2. The lowest BCUT2D eigenvalue weighted by Gasteiger charge is -2.24. The summed E-state index contributed by atoms with van der Waals surface area (Å²) in [6, 6.07) is 1.55. The number of aromatic nitrogens is 1. The zero-order valence-corrected chi connectivity index (χ0v) is 11.3. The second kappa shape index (κ2) is 5.04. The lowest BCUT2D eigenvalue weighted by atomic mass is 10.2. The fourth-order valence-electron chi connectivity index (χ4n) is 2.63. The van der Waals surface area contributed by atoms with Crippen molar-refractivity contribution < 1.29 is 0 Å². The fourth-order valence-corrected chi connectivity index (χ4v) is 3.42. The molecule has 0 aromatic carbocycles. The molecule has 1 aliphatic carbocycles. The summed E-state index contributed by atoms with van der Waals surface area (Å²) in [6.07, 6.45) is 5.47. The van der Waals surface area contributed by atoms with Gasteiger partial charge in [0.25, 0.3) is 0 Å². The zero-order chi connectivity index (χ0) is 11.7. The van der Waals surface area contributed by atoms with Gasteiger partial charge in [-0.2, -0.15) is 0 Å². The Kier molecular flexibility index (Phi) is 3.45. The quantitative estimate of drug-likeness (QED) is 0.869. The van der Waals surface area contributed by atoms with Gasteiger partial charge in [-0.3, -0.25) is 4.90 Å². The molecule has 0 unspecified atom stereocenters. The van der Waals surface area contributed by atoms with Crippen molar-refractivity contribution in [3.63, 3.8) is 0 Å². The average Bonchev–Trinajstić information content (AvgIpc) is 2.89. The zero-order valence-electron chi connectivity index (χ0n) is 10.5. The maximum atomic E-state index is 4.59. The Balaban J connectivity index is 1.59. The third-order valence-corrected chi connectivity index (χ3v) is 4.64. The first kappa shape index (κ1) is 11.6. The van der Waals surface area contributed by atoms with E-state index in [4.69, 9.17) is 0 Å². The van der Waals surface area contributed by atoms with Crippen LogP contribution in [0, 0.1) is 6.92 Å². The standard InChI is InChI=1S/C13H21N3S/c1-10-9-17-13(15-10)8-16(12-4-5-12)7-11-3-2-6-14-11/h9,11-12,14H,2-8H2,1H3/t11-/m0/s1. The van der Waals surface area contributed by atoms with Gasteiger partial charge in [0, 0.05) is 29.7 Å². The van der Waals surface area contributed by atoms with Crippen molar-refractivity contribution in [3.8, 4) is 0 Å². The molecular weight excluding hydrogens is 230 g/mol. The second-order valence-corrected chi connectivity index (χ2v) is 6.28. The highest BCUT2D eigenvalue weighted by Gasteiger charge is 2.31. The second-order valence-electron chi connectivity index (χ2n) is 5.34. The molecule has 3 nitrogen and oxygen atoms in total. The van der Waals surface area contributed by atoms with Gasteiger partial charge in [0.1, 0.15) is 5.01 Å². The van der Waals surface area contributed by atoms with Crippen molar-refractivity contribution in [2.24, 2.45) is 0 Å². The largest absolute Gasteiger partial charge is 0.313 e. The molecule has 1 aliphatic heterocycles. The minimum Gasteiger partial charge on any atom is -0.313 e. The Morgan fingerprint density at radius 3 is 2.94 bits per heavy atom. The molecule has 0 amide bonds. The van der Waals surface area contributed by atoms with Gasteiger partial charge in [0.2, 0.25) is 0 Å². The van der Waals surface area contributed by atoms with Gasteiger partial charge in [-0.05, 0) is 39.2 Å². The summed E-state index contributed by atoms with van der Waals surface area (Å²) in [6.45, 7) is 5.56. The molecule has 4 heteroatoms. The van der Waals surface area contributed by atoms with Crippen LogP contribution in [-0.2, 0) is 6.54 Å². The van der Waals surface area contributed by atoms with Crippen LogP contribution in [0.5, 0.6) is 0 Å². The third kappa shape index (κ3) is 3.06. The smallest absolute Gasteiger partial charge is 0.107 e. The van der Waals surface area contributed by atoms with Crippen molar-refractivity contribution in [1.29, 1.82) is 0 Å². The van der Waals surface area contributed by atoms with Crippen LogP contribution in [0.1, 0.15) is 36.4 Å². The Morgan fingerprint density at radius 2 is 2.35 bits per heavy atom. The van der Waals surface area contributed by atoms with E-state index in [1.54, 1.807) is 0 Å². The number of rotatable bonds is 5. The number of thiazole rings is 1. The summed E-state index contributed by atoms with van der Waals surface area (Å²) in [5, 5.41) is 7.05. The van der Waals surface area contributed by atoms with Crippen LogP contribution >= 0.6 is 11.3 Å². The van der Waals surface area contributed by atoms with Crippen molar-refractivity contribution in [3.05, 3.63) is 16.1 Å². The van der Waals surface area contributed by atoms with E-state index in [2.05, 4.69) is 27.5 Å². The SMILES string of the molecule is Cc1csc(CN(C[C@@H]2CCCN2)C2CC2)n1. The lowest BCUT2D eigenvalue weighted by molar-refractivity contribution is 0.231. The van der Waals surface area contributed by atoms with Crippen LogP contribution in [0.4, 0.5) is 0 Å². The highest BCUT2D eigenvalue weighted by atomic mass is 32.1. The Hall–Kier alpha value is -0.450. The molecule has 0 radical (unpaired) electrons. The van der Waals surface area contributed by atoms with E-state index in [0.29, 0.717) is 0 Å². The van der Waals surface area contributed by atoms with Gasteiger partial charge in [0.15, 0.2) is 0 Å². The maximum absolute atomic E-state index is 4.59. The molecular formula is C13H21N3S. The molecule has 3 rings (SSSR count). The van der Waals surface area contributed by atoms with Crippen LogP contribution in [0.2, 0.25) is 0 Å². The van der Waals surface area contributed by atoms with Gasteiger partial charge >= 0.3 is 0 Å². The Labute approximate surface area is 107 Å². The molecule has 1 aromatic rings. The topological polar surface area (TPSA) is 28.2 Å². The van der Waals surface area contributed by atoms with E-state index in [9.17, 15) is 0 Å². The highest BCUT2D eigenvalue weighted by molar-refractivity contribution is 7.09. The third-order valence-electron chi connectivity index (χ3n) is 3.69. The minimum absolute atomic E-state index is 0.719. The summed E-state index contributed by atoms with van der Waals surface area (Å²) in [5.74, 6) is 0. The molecule has 1 N–H and O–H groups in total. The van der Waals surface area contributed by atoms with Gasteiger partial charge in [-0.25, -0.2) is 4.98 Å². The van der Waals surface area contributed by atoms with E-state index in [-0.39, 0.29) is 0 Å². The summed E-state index contributed by atoms with van der Waals surface area (Å²) < 4.78 is 0. The fraction of sp³-hybridized carbons (Fsp3) is 0.769. The number of hydrogen-bond acceptors (Lipinski definition) is 4. The van der Waals surface area contributed by atoms with Gasteiger partial charge in [0.05, 0.1) is 6.54 Å². The van der Waals surface area contributed by atoms with Crippen LogP contribution in [0.15, 0.2) is 5.38 Å². The first-order valence-electron chi connectivity index (χ1n) is 6.70. The lowest BCUT2D eigenvalue weighted by Crippen LogP contribution is -2.38. The Bertz CT molecular complexity index is 366. The van der Waals surface area contributed by atoms with Gasteiger partial charge < -0.3 is 5.32 Å². The average molecular weight is 251 g/mol. The summed E-state index contributed by atoms with van der Waals surface area (Å²) >= 11 is 1.81. The summed E-state index contributed by atoms with van der Waals surface area (Å²) in [4.78, 5) is 7.23. The van der Waals surface area contributed by atoms with Crippen LogP contribution in [0.25, 0.3) is 0 Å². The predicted molar refractivity (Wildman–Crippen MR) is 71.3 cm³/mol. The van der Waals surface area contributed by atoms with Crippen LogP contribution in [-0.4, -0.2) is 35.1 Å². The van der Waals surface area contributed by atoms with E-state index >= 15 is 0 Å². The van der Waals surface area contributed by atoms with E-state index in [0.717, 1.165) is 18.6 Å². The van der Waals surface area contributed by atoms with Crippen molar-refractivity contribution in [1.82, 2.24) is 15.2 Å². The normalized spacial score (nSPS) is 24.7. The van der Waals surface area contributed by atoms with Crippen molar-refractivity contribution in [2.45, 2.75) is 51.2 Å². The molecule has 2 fully saturated rings. The molecule has 2 heterocycles. The highest BCUT2D eigenvalue weighted by Crippen LogP contribution is 2.29. The van der Waals surface area contributed by atoms with Crippen molar-refractivity contribution >= 4 is 11.3 Å².